The summed E-state index contributed by atoms with van der Waals surface area (Å²) in [6, 6.07) is 14.5. The van der Waals surface area contributed by atoms with Crippen molar-refractivity contribution in [3.8, 4) is 6.07 Å². The molecule has 1 saturated carbocycles. The van der Waals surface area contributed by atoms with Gasteiger partial charge in [-0.1, -0.05) is 49.1 Å². The standard InChI is InChI=1S/C21H29ClF3N3O.C7H5N/c22-19-10-9-16(15-18(19)21(23,24)25)26-20(29)28(17-7-2-1-3-8-17)14-6-13-27-11-4-5-12-27;8-6-7-4-2-1-3-5-7/h9-10,15,17H,1-8,11-14H2,(H,26,29);1-5H. The summed E-state index contributed by atoms with van der Waals surface area (Å²) < 4.78 is 39.4. The molecule has 0 atom stereocenters. The number of urea groups is 1. The lowest BCUT2D eigenvalue weighted by atomic mass is 9.94. The van der Waals surface area contributed by atoms with Crippen LogP contribution in [0.2, 0.25) is 5.02 Å². The molecule has 2 fully saturated rings. The predicted octanol–water partition coefficient (Wildman–Crippen LogP) is 7.57. The van der Waals surface area contributed by atoms with Gasteiger partial charge in [0.05, 0.1) is 22.2 Å². The highest BCUT2D eigenvalue weighted by atomic mass is 35.5. The lowest BCUT2D eigenvalue weighted by Gasteiger charge is -2.35. The minimum Gasteiger partial charge on any atom is -0.322 e. The highest BCUT2D eigenvalue weighted by molar-refractivity contribution is 6.31. The lowest BCUT2D eigenvalue weighted by molar-refractivity contribution is -0.137. The van der Waals surface area contributed by atoms with Crippen molar-refractivity contribution in [3.63, 3.8) is 0 Å². The third-order valence-corrected chi connectivity index (χ3v) is 7.10. The lowest BCUT2D eigenvalue weighted by Crippen LogP contribution is -2.45. The number of nitrogens with zero attached hydrogens (tertiary/aromatic N) is 3. The largest absolute Gasteiger partial charge is 0.417 e. The van der Waals surface area contributed by atoms with Gasteiger partial charge < -0.3 is 15.1 Å². The molecule has 0 radical (unpaired) electrons. The van der Waals surface area contributed by atoms with Crippen LogP contribution in [0.25, 0.3) is 0 Å². The number of amides is 2. The fraction of sp³-hybridized carbons (Fsp3) is 0.500. The Morgan fingerprint density at radius 2 is 1.73 bits per heavy atom. The molecule has 1 aliphatic heterocycles. The molecular weight excluding hydrogens is 501 g/mol. The number of likely N-dealkylation sites (tertiary alicyclic amines) is 1. The van der Waals surface area contributed by atoms with Crippen LogP contribution in [0, 0.1) is 11.3 Å². The second kappa shape index (κ2) is 14.3. The first kappa shape index (κ1) is 28.8. The van der Waals surface area contributed by atoms with Crippen molar-refractivity contribution in [2.24, 2.45) is 0 Å². The van der Waals surface area contributed by atoms with E-state index in [0.29, 0.717) is 12.1 Å². The van der Waals surface area contributed by atoms with Gasteiger partial charge in [0.2, 0.25) is 0 Å². The minimum atomic E-state index is -4.56. The summed E-state index contributed by atoms with van der Waals surface area (Å²) in [4.78, 5) is 17.2. The monoisotopic (exact) mass is 534 g/mol. The molecule has 2 amide bonds. The third kappa shape index (κ3) is 9.24. The van der Waals surface area contributed by atoms with E-state index >= 15 is 0 Å². The zero-order valence-electron chi connectivity index (χ0n) is 20.9. The molecule has 5 nitrogen and oxygen atoms in total. The first-order valence-corrected chi connectivity index (χ1v) is 13.3. The molecule has 0 spiro atoms. The molecule has 2 aromatic rings. The normalized spacial score (nSPS) is 16.4. The Balaban J connectivity index is 0.000000405. The van der Waals surface area contributed by atoms with Gasteiger partial charge in [-0.3, -0.25) is 0 Å². The van der Waals surface area contributed by atoms with Gasteiger partial charge in [-0.15, -0.1) is 0 Å². The quantitative estimate of drug-likeness (QED) is 0.416. The van der Waals surface area contributed by atoms with Crippen molar-refractivity contribution in [1.82, 2.24) is 9.80 Å². The molecule has 2 aliphatic rings. The average Bonchev–Trinajstić information content (AvgIpc) is 3.42. The van der Waals surface area contributed by atoms with Crippen LogP contribution in [0.4, 0.5) is 23.7 Å². The van der Waals surface area contributed by atoms with Crippen LogP contribution < -0.4 is 5.32 Å². The maximum Gasteiger partial charge on any atom is 0.417 e. The zero-order valence-corrected chi connectivity index (χ0v) is 21.7. The Hall–Kier alpha value is -2.76. The second-order valence-electron chi connectivity index (χ2n) is 9.49. The number of rotatable bonds is 6. The van der Waals surface area contributed by atoms with Gasteiger partial charge in [0.1, 0.15) is 0 Å². The highest BCUT2D eigenvalue weighted by Gasteiger charge is 2.34. The minimum absolute atomic E-state index is 0.118. The third-order valence-electron chi connectivity index (χ3n) is 6.77. The fourth-order valence-electron chi connectivity index (χ4n) is 4.84. The Labute approximate surface area is 222 Å². The van der Waals surface area contributed by atoms with Crippen molar-refractivity contribution in [2.75, 3.05) is 31.5 Å². The van der Waals surface area contributed by atoms with E-state index < -0.39 is 11.7 Å². The number of hydrogen-bond acceptors (Lipinski definition) is 3. The van der Waals surface area contributed by atoms with Crippen LogP contribution in [0.3, 0.4) is 0 Å². The number of carbonyl (C=O) groups excluding carboxylic acids is 1. The van der Waals surface area contributed by atoms with E-state index in [0.717, 1.165) is 57.8 Å². The maximum absolute atomic E-state index is 13.1. The number of hydrogen-bond donors (Lipinski definition) is 1. The number of nitriles is 1. The van der Waals surface area contributed by atoms with Crippen LogP contribution in [0.15, 0.2) is 48.5 Å². The Bertz CT molecular complexity index is 1030. The van der Waals surface area contributed by atoms with Gasteiger partial charge in [0, 0.05) is 18.3 Å². The van der Waals surface area contributed by atoms with Gasteiger partial charge >= 0.3 is 12.2 Å². The molecule has 1 saturated heterocycles. The van der Waals surface area contributed by atoms with Gasteiger partial charge in [-0.05, 0) is 82.1 Å². The molecule has 0 bridgehead atoms. The van der Waals surface area contributed by atoms with Crippen molar-refractivity contribution < 1.29 is 18.0 Å². The topological polar surface area (TPSA) is 59.4 Å². The van der Waals surface area contributed by atoms with Crippen LogP contribution in [0.1, 0.15) is 62.5 Å². The summed E-state index contributed by atoms with van der Waals surface area (Å²) >= 11 is 5.68. The number of nitrogens with one attached hydrogen (secondary N) is 1. The molecule has 37 heavy (non-hydrogen) atoms. The first-order chi connectivity index (χ1) is 17.8. The summed E-state index contributed by atoms with van der Waals surface area (Å²) in [5.41, 5.74) is -0.102. The Kier molecular flexibility index (Phi) is 11.1. The van der Waals surface area contributed by atoms with Crippen molar-refractivity contribution >= 4 is 23.3 Å². The Morgan fingerprint density at radius 3 is 2.32 bits per heavy atom. The van der Waals surface area contributed by atoms with Gasteiger partial charge in [0.25, 0.3) is 0 Å². The summed E-state index contributed by atoms with van der Waals surface area (Å²) in [6.45, 7) is 3.80. The molecule has 9 heteroatoms. The molecule has 4 rings (SSSR count). The zero-order chi connectivity index (χ0) is 26.7. The van der Waals surface area contributed by atoms with Crippen molar-refractivity contribution in [2.45, 2.75) is 63.6 Å². The van der Waals surface area contributed by atoms with E-state index in [-0.39, 0.29) is 22.8 Å². The van der Waals surface area contributed by atoms with Crippen LogP contribution in [-0.4, -0.2) is 48.1 Å². The van der Waals surface area contributed by atoms with E-state index in [1.807, 2.05) is 29.2 Å². The average molecular weight is 535 g/mol. The number of benzene rings is 2. The molecule has 200 valence electrons. The Morgan fingerprint density at radius 1 is 1.05 bits per heavy atom. The summed E-state index contributed by atoms with van der Waals surface area (Å²) in [6.07, 6.45) is 4.01. The molecular formula is C28H34ClF3N4O. The number of halogens is 4. The van der Waals surface area contributed by atoms with E-state index in [1.165, 1.54) is 31.4 Å². The molecule has 1 heterocycles. The molecule has 1 N–H and O–H groups in total. The van der Waals surface area contributed by atoms with Crippen LogP contribution in [0.5, 0.6) is 0 Å². The summed E-state index contributed by atoms with van der Waals surface area (Å²) in [5, 5.41) is 10.6. The number of anilines is 1. The second-order valence-corrected chi connectivity index (χ2v) is 9.90. The van der Waals surface area contributed by atoms with E-state index in [1.54, 1.807) is 12.1 Å². The smallest absolute Gasteiger partial charge is 0.322 e. The summed E-state index contributed by atoms with van der Waals surface area (Å²) in [5.74, 6) is 0. The van der Waals surface area contributed by atoms with E-state index in [2.05, 4.69) is 10.2 Å². The van der Waals surface area contributed by atoms with E-state index in [9.17, 15) is 18.0 Å². The van der Waals surface area contributed by atoms with Crippen molar-refractivity contribution in [3.05, 3.63) is 64.7 Å². The van der Waals surface area contributed by atoms with Crippen molar-refractivity contribution in [1.29, 1.82) is 5.26 Å². The first-order valence-electron chi connectivity index (χ1n) is 12.9. The number of alkyl halides is 3. The SMILES string of the molecule is N#Cc1ccccc1.O=C(Nc1ccc(Cl)c(C(F)(F)F)c1)N(CCCN1CCCC1)C1CCCCC1. The molecule has 0 unspecified atom stereocenters. The predicted molar refractivity (Wildman–Crippen MR) is 140 cm³/mol. The van der Waals surface area contributed by atoms with Crippen LogP contribution >= 0.6 is 11.6 Å². The van der Waals surface area contributed by atoms with Gasteiger partial charge in [-0.25, -0.2) is 4.79 Å². The molecule has 1 aliphatic carbocycles. The fourth-order valence-corrected chi connectivity index (χ4v) is 5.07. The van der Waals surface area contributed by atoms with Gasteiger partial charge in [0.15, 0.2) is 0 Å². The van der Waals surface area contributed by atoms with Gasteiger partial charge in [-0.2, -0.15) is 18.4 Å². The number of carbonyl (C=O) groups is 1. The summed E-state index contributed by atoms with van der Waals surface area (Å²) in [7, 11) is 0. The molecule has 0 aromatic heterocycles. The highest BCUT2D eigenvalue weighted by Crippen LogP contribution is 2.36. The maximum atomic E-state index is 13.1. The van der Waals surface area contributed by atoms with Crippen LogP contribution in [-0.2, 0) is 6.18 Å². The molecule has 2 aromatic carbocycles. The van der Waals surface area contributed by atoms with E-state index in [4.69, 9.17) is 16.9 Å².